The van der Waals surface area contributed by atoms with Crippen molar-refractivity contribution in [3.63, 3.8) is 0 Å². The molecule has 0 amide bonds. The largest absolute Gasteiger partial charge is 0.471 e. The fraction of sp³-hybridized carbons (Fsp3) is 0.929. The summed E-state index contributed by atoms with van der Waals surface area (Å²) in [6, 6.07) is 0. The van der Waals surface area contributed by atoms with Crippen LogP contribution in [0.5, 0.6) is 0 Å². The second kappa shape index (κ2) is 14.3. The molecule has 4 heteroatoms. The Labute approximate surface area is 199 Å². The van der Waals surface area contributed by atoms with Gasteiger partial charge in [0.25, 0.3) is 6.47 Å². The van der Waals surface area contributed by atoms with E-state index in [9.17, 15) is 4.79 Å². The molecule has 0 aromatic carbocycles. The van der Waals surface area contributed by atoms with Gasteiger partial charge in [0.05, 0.1) is 13.0 Å². The molecular formula is C28H54O4. The van der Waals surface area contributed by atoms with E-state index in [1.807, 2.05) is 0 Å². The Morgan fingerprint density at radius 2 is 1.47 bits per heavy atom. The molecule has 0 aliphatic heterocycles. The van der Waals surface area contributed by atoms with E-state index in [0.29, 0.717) is 23.2 Å². The average molecular weight is 455 g/mol. The van der Waals surface area contributed by atoms with Gasteiger partial charge in [0.1, 0.15) is 5.60 Å². The molecule has 0 spiro atoms. The summed E-state index contributed by atoms with van der Waals surface area (Å²) < 4.78 is 9.72. The first kappa shape index (κ1) is 30.9. The molecule has 3 atom stereocenters. The third-order valence-corrected chi connectivity index (χ3v) is 6.91. The maximum Gasteiger partial charge on any atom is 0.309 e. The molecule has 32 heavy (non-hydrogen) atoms. The number of hydrogen-bond donors (Lipinski definition) is 0. The summed E-state index contributed by atoms with van der Waals surface area (Å²) in [5.74, 6) is 1.48. The number of ether oxygens (including phenoxy) is 2. The van der Waals surface area contributed by atoms with Crippen molar-refractivity contribution >= 4 is 12.4 Å². The molecule has 0 N–H and O–H groups in total. The number of hydrogen-bond acceptors (Lipinski definition) is 4. The van der Waals surface area contributed by atoms with E-state index in [2.05, 4.69) is 67.1 Å². The third kappa shape index (κ3) is 14.2. The molecule has 0 bridgehead atoms. The van der Waals surface area contributed by atoms with Crippen molar-refractivity contribution in [3.05, 3.63) is 0 Å². The highest BCUT2D eigenvalue weighted by molar-refractivity contribution is 5.73. The van der Waals surface area contributed by atoms with Gasteiger partial charge in [0, 0.05) is 0 Å². The highest BCUT2D eigenvalue weighted by atomic mass is 16.6. The number of carbonyl (C=O) groups is 2. The normalized spacial score (nSPS) is 24.9. The Hall–Kier alpha value is -1.06. The molecular weight excluding hydrogens is 400 g/mol. The van der Waals surface area contributed by atoms with Gasteiger partial charge in [-0.2, -0.15) is 0 Å². The van der Waals surface area contributed by atoms with Crippen molar-refractivity contribution in [1.82, 2.24) is 0 Å². The summed E-state index contributed by atoms with van der Waals surface area (Å²) in [6.45, 7) is 20.8. The zero-order valence-electron chi connectivity index (χ0n) is 23.0. The van der Waals surface area contributed by atoms with Gasteiger partial charge in [-0.05, 0) is 81.0 Å². The average Bonchev–Trinajstić information content (AvgIpc) is 3.12. The van der Waals surface area contributed by atoms with Crippen LogP contribution >= 0.6 is 0 Å². The number of carbonyl (C=O) groups excluding carboxylic acids is 2. The van der Waals surface area contributed by atoms with Crippen molar-refractivity contribution in [1.29, 1.82) is 0 Å². The minimum Gasteiger partial charge on any atom is -0.471 e. The van der Waals surface area contributed by atoms with Gasteiger partial charge in [0.15, 0.2) is 0 Å². The topological polar surface area (TPSA) is 52.6 Å². The summed E-state index contributed by atoms with van der Waals surface area (Å²) in [6.07, 6.45) is 11.9. The standard InChI is InChI=1S/C16H28O2.C10H22.C2H4O2/c1-4-13-8-7-12(2)14(11-13)15(17)18-16(3)9-5-6-10-16;1-9(2,3)7-8-10(4,5)6;1-4-2-3/h12-14H,4-11H2,1-3H3;7-8H2,1-6H3;2H,1H3. The summed E-state index contributed by atoms with van der Waals surface area (Å²) in [5.41, 5.74) is 0.858. The highest BCUT2D eigenvalue weighted by Gasteiger charge is 2.38. The Morgan fingerprint density at radius 3 is 1.84 bits per heavy atom. The molecule has 0 aromatic heterocycles. The Morgan fingerprint density at radius 1 is 1.00 bits per heavy atom. The first-order chi connectivity index (χ1) is 14.7. The zero-order valence-corrected chi connectivity index (χ0v) is 23.0. The summed E-state index contributed by atoms with van der Waals surface area (Å²) in [7, 11) is 1.31. The minimum absolute atomic E-state index is 0.0880. The van der Waals surface area contributed by atoms with Gasteiger partial charge >= 0.3 is 5.97 Å². The number of esters is 1. The molecule has 0 aromatic rings. The van der Waals surface area contributed by atoms with Crippen LogP contribution in [-0.2, 0) is 19.1 Å². The first-order valence-electron chi connectivity index (χ1n) is 12.9. The fourth-order valence-electron chi connectivity index (χ4n) is 4.40. The van der Waals surface area contributed by atoms with Crippen molar-refractivity contribution < 1.29 is 19.1 Å². The van der Waals surface area contributed by atoms with Crippen molar-refractivity contribution in [3.8, 4) is 0 Å². The number of methoxy groups -OCH3 is 1. The summed E-state index contributed by atoms with van der Waals surface area (Å²) in [4.78, 5) is 21.4. The van der Waals surface area contributed by atoms with Gasteiger partial charge in [-0.1, -0.05) is 68.2 Å². The van der Waals surface area contributed by atoms with Crippen molar-refractivity contribution in [2.24, 2.45) is 28.6 Å². The number of rotatable bonds is 5. The molecule has 190 valence electrons. The molecule has 4 nitrogen and oxygen atoms in total. The maximum absolute atomic E-state index is 12.4. The zero-order chi connectivity index (χ0) is 25.0. The molecule has 0 heterocycles. The van der Waals surface area contributed by atoms with Crippen LogP contribution in [0, 0.1) is 28.6 Å². The van der Waals surface area contributed by atoms with E-state index in [1.54, 1.807) is 0 Å². The van der Waals surface area contributed by atoms with E-state index in [-0.39, 0.29) is 17.5 Å². The Bertz CT molecular complexity index is 507. The quantitative estimate of drug-likeness (QED) is 0.312. The van der Waals surface area contributed by atoms with Crippen LogP contribution in [0.15, 0.2) is 0 Å². The van der Waals surface area contributed by atoms with E-state index < -0.39 is 0 Å². The lowest BCUT2D eigenvalue weighted by atomic mass is 9.74. The lowest BCUT2D eigenvalue weighted by molar-refractivity contribution is -0.166. The van der Waals surface area contributed by atoms with Crippen LogP contribution in [0.4, 0.5) is 0 Å². The molecule has 2 fully saturated rings. The van der Waals surface area contributed by atoms with E-state index in [4.69, 9.17) is 9.53 Å². The van der Waals surface area contributed by atoms with Crippen molar-refractivity contribution in [2.75, 3.05) is 7.11 Å². The predicted molar refractivity (Wildman–Crippen MR) is 134 cm³/mol. The second-order valence-corrected chi connectivity index (χ2v) is 12.7. The van der Waals surface area contributed by atoms with E-state index in [1.165, 1.54) is 52.1 Å². The van der Waals surface area contributed by atoms with Crippen LogP contribution in [-0.4, -0.2) is 25.2 Å². The lowest BCUT2D eigenvalue weighted by Crippen LogP contribution is -2.36. The highest BCUT2D eigenvalue weighted by Crippen LogP contribution is 2.39. The van der Waals surface area contributed by atoms with Crippen LogP contribution < -0.4 is 0 Å². The maximum atomic E-state index is 12.4. The molecule has 2 aliphatic carbocycles. The molecule has 0 saturated heterocycles. The van der Waals surface area contributed by atoms with Gasteiger partial charge in [-0.3, -0.25) is 9.59 Å². The first-order valence-corrected chi connectivity index (χ1v) is 12.9. The summed E-state index contributed by atoms with van der Waals surface area (Å²) >= 11 is 0. The lowest BCUT2D eigenvalue weighted by Gasteiger charge is -2.35. The van der Waals surface area contributed by atoms with Crippen LogP contribution in [0.2, 0.25) is 0 Å². The molecule has 2 saturated carbocycles. The smallest absolute Gasteiger partial charge is 0.309 e. The van der Waals surface area contributed by atoms with E-state index in [0.717, 1.165) is 25.2 Å². The molecule has 0 radical (unpaired) electrons. The molecule has 2 aliphatic rings. The van der Waals surface area contributed by atoms with E-state index >= 15 is 0 Å². The molecule has 2 rings (SSSR count). The molecule has 3 unspecified atom stereocenters. The third-order valence-electron chi connectivity index (χ3n) is 6.91. The Balaban J connectivity index is 0.000000581. The SMILES string of the molecule is CC(C)(C)CCC(C)(C)C.CCC1CCC(C)C(C(=O)OC2(C)CCCC2)C1.COC=O. The van der Waals surface area contributed by atoms with Crippen LogP contribution in [0.3, 0.4) is 0 Å². The second-order valence-electron chi connectivity index (χ2n) is 12.7. The van der Waals surface area contributed by atoms with Crippen molar-refractivity contribution in [2.45, 2.75) is 132 Å². The minimum atomic E-state index is -0.157. The van der Waals surface area contributed by atoms with Gasteiger partial charge in [-0.15, -0.1) is 0 Å². The van der Waals surface area contributed by atoms with Crippen LogP contribution in [0.1, 0.15) is 127 Å². The Kier molecular flexibility index (Phi) is 13.8. The predicted octanol–water partition coefficient (Wildman–Crippen LogP) is 7.97. The van der Waals surface area contributed by atoms with Gasteiger partial charge in [0.2, 0.25) is 0 Å². The van der Waals surface area contributed by atoms with Crippen LogP contribution in [0.25, 0.3) is 0 Å². The fourth-order valence-corrected chi connectivity index (χ4v) is 4.40. The summed E-state index contributed by atoms with van der Waals surface area (Å²) in [5, 5.41) is 0. The van der Waals surface area contributed by atoms with Gasteiger partial charge in [-0.25, -0.2) is 0 Å². The monoisotopic (exact) mass is 454 g/mol. The van der Waals surface area contributed by atoms with Gasteiger partial charge < -0.3 is 9.47 Å².